The van der Waals surface area contributed by atoms with Crippen LogP contribution in [0.25, 0.3) is 0 Å². The molecule has 0 saturated carbocycles. The lowest BCUT2D eigenvalue weighted by atomic mass is 9.81. The molecule has 3 atom stereocenters. The van der Waals surface area contributed by atoms with E-state index in [1.165, 1.54) is 0 Å². The molecule has 0 radical (unpaired) electrons. The molecule has 1 aromatic carbocycles. The summed E-state index contributed by atoms with van der Waals surface area (Å²) in [5.41, 5.74) is 8.14. The normalized spacial score (nSPS) is 27.6. The predicted molar refractivity (Wildman–Crippen MR) is 78.0 cm³/mol. The Morgan fingerprint density at radius 1 is 1.45 bits per heavy atom. The van der Waals surface area contributed by atoms with Gasteiger partial charge in [-0.1, -0.05) is 0 Å². The molecule has 1 aromatic rings. The highest BCUT2D eigenvalue weighted by Gasteiger charge is 2.39. The van der Waals surface area contributed by atoms with Gasteiger partial charge in [0.15, 0.2) is 0 Å². The van der Waals surface area contributed by atoms with Gasteiger partial charge in [0, 0.05) is 17.8 Å². The Hall–Kier alpha value is -1.59. The van der Waals surface area contributed by atoms with Gasteiger partial charge >= 0.3 is 5.97 Å². The number of carboxylic acid groups (broad SMARTS) is 1. The van der Waals surface area contributed by atoms with E-state index in [0.717, 1.165) is 37.1 Å². The molecule has 1 saturated heterocycles. The van der Waals surface area contributed by atoms with Gasteiger partial charge in [0.25, 0.3) is 0 Å². The maximum atomic E-state index is 11.1. The summed E-state index contributed by atoms with van der Waals surface area (Å²) in [6, 6.07) is 6.07. The summed E-state index contributed by atoms with van der Waals surface area (Å²) in [7, 11) is 0. The van der Waals surface area contributed by atoms with Gasteiger partial charge in [0.2, 0.25) is 0 Å². The van der Waals surface area contributed by atoms with Crippen molar-refractivity contribution in [2.24, 2.45) is 11.7 Å². The Morgan fingerprint density at radius 3 is 3.05 bits per heavy atom. The minimum atomic E-state index is -0.868. The smallest absolute Gasteiger partial charge is 0.335 e. The maximum absolute atomic E-state index is 11.1. The first-order valence-electron chi connectivity index (χ1n) is 7.28. The fourth-order valence-electron chi connectivity index (χ4n) is 3.51. The highest BCUT2D eigenvalue weighted by atomic mass is 16.4. The van der Waals surface area contributed by atoms with Gasteiger partial charge in [-0.3, -0.25) is 0 Å². The molecule has 0 unspecified atom stereocenters. The SMILES string of the molecule is NCCC[C@@H]1Nc2ccc(C(=O)O)cc2[C@H]2NCC[C@@H]12. The molecular formula is C15H21N3O2. The molecule has 3 rings (SSSR count). The zero-order valence-corrected chi connectivity index (χ0v) is 11.4. The summed E-state index contributed by atoms with van der Waals surface area (Å²) in [6.45, 7) is 1.71. The summed E-state index contributed by atoms with van der Waals surface area (Å²) in [6.07, 6.45) is 3.21. The Kier molecular flexibility index (Phi) is 3.63. The van der Waals surface area contributed by atoms with E-state index >= 15 is 0 Å². The zero-order chi connectivity index (χ0) is 14.1. The summed E-state index contributed by atoms with van der Waals surface area (Å²) in [5.74, 6) is -0.342. The van der Waals surface area contributed by atoms with Crippen LogP contribution >= 0.6 is 0 Å². The first-order valence-corrected chi connectivity index (χ1v) is 7.28. The number of rotatable bonds is 4. The van der Waals surface area contributed by atoms with Crippen molar-refractivity contribution in [1.29, 1.82) is 0 Å². The zero-order valence-electron chi connectivity index (χ0n) is 11.4. The molecule has 108 valence electrons. The number of carbonyl (C=O) groups is 1. The average Bonchev–Trinajstić information content (AvgIpc) is 2.94. The molecule has 0 bridgehead atoms. The quantitative estimate of drug-likeness (QED) is 0.670. The predicted octanol–water partition coefficient (Wildman–Crippen LogP) is 1.57. The minimum Gasteiger partial charge on any atom is -0.478 e. The molecule has 5 N–H and O–H groups in total. The standard InChI is InChI=1S/C15H21N3O2/c16-6-1-2-12-10-5-7-17-14(10)11-8-9(15(19)20)3-4-13(11)18-12/h3-4,8,10,12,14,17-18H,1-2,5-7,16H2,(H,19,20)/t10-,12-,14-/m0/s1. The second-order valence-corrected chi connectivity index (χ2v) is 5.67. The van der Waals surface area contributed by atoms with Crippen molar-refractivity contribution in [3.05, 3.63) is 29.3 Å². The molecule has 2 aliphatic rings. The van der Waals surface area contributed by atoms with Crippen LogP contribution in [0.3, 0.4) is 0 Å². The first-order chi connectivity index (χ1) is 9.70. The topological polar surface area (TPSA) is 87.4 Å². The molecular weight excluding hydrogens is 254 g/mol. The van der Waals surface area contributed by atoms with Gasteiger partial charge in [0.05, 0.1) is 5.56 Å². The highest BCUT2D eigenvalue weighted by Crippen LogP contribution is 2.42. The largest absolute Gasteiger partial charge is 0.478 e. The number of anilines is 1. The van der Waals surface area contributed by atoms with Crippen molar-refractivity contribution in [2.45, 2.75) is 31.3 Å². The van der Waals surface area contributed by atoms with Crippen molar-refractivity contribution in [3.8, 4) is 0 Å². The molecule has 5 nitrogen and oxygen atoms in total. The van der Waals surface area contributed by atoms with Crippen LogP contribution < -0.4 is 16.4 Å². The van der Waals surface area contributed by atoms with Gasteiger partial charge in [-0.2, -0.15) is 0 Å². The van der Waals surface area contributed by atoms with Gasteiger partial charge in [-0.25, -0.2) is 4.79 Å². The number of nitrogens with two attached hydrogens (primary N) is 1. The van der Waals surface area contributed by atoms with Gasteiger partial charge in [0.1, 0.15) is 0 Å². The third-order valence-corrected chi connectivity index (χ3v) is 4.48. The molecule has 2 aliphatic heterocycles. The Morgan fingerprint density at radius 2 is 2.30 bits per heavy atom. The summed E-state index contributed by atoms with van der Waals surface area (Å²) in [5, 5.41) is 16.2. The third-order valence-electron chi connectivity index (χ3n) is 4.48. The number of hydrogen-bond acceptors (Lipinski definition) is 4. The lowest BCUT2D eigenvalue weighted by molar-refractivity contribution is 0.0696. The second kappa shape index (κ2) is 5.42. The number of nitrogens with one attached hydrogen (secondary N) is 2. The number of aromatic carboxylic acids is 1. The van der Waals surface area contributed by atoms with Crippen LogP contribution in [0.1, 0.15) is 41.2 Å². The minimum absolute atomic E-state index is 0.272. The number of hydrogen-bond donors (Lipinski definition) is 4. The lowest BCUT2D eigenvalue weighted by Crippen LogP contribution is -2.38. The van der Waals surface area contributed by atoms with E-state index in [0.29, 0.717) is 24.1 Å². The van der Waals surface area contributed by atoms with Crippen LogP contribution in [-0.4, -0.2) is 30.2 Å². The molecule has 20 heavy (non-hydrogen) atoms. The van der Waals surface area contributed by atoms with E-state index < -0.39 is 5.97 Å². The average molecular weight is 275 g/mol. The summed E-state index contributed by atoms with van der Waals surface area (Å²) in [4.78, 5) is 11.1. The number of fused-ring (bicyclic) bond motifs is 3. The third kappa shape index (κ3) is 2.27. The van der Waals surface area contributed by atoms with Crippen molar-refractivity contribution in [1.82, 2.24) is 5.32 Å². The molecule has 5 heteroatoms. The molecule has 0 aliphatic carbocycles. The summed E-state index contributed by atoms with van der Waals surface area (Å²) < 4.78 is 0. The van der Waals surface area contributed by atoms with Crippen LogP contribution in [0.15, 0.2) is 18.2 Å². The maximum Gasteiger partial charge on any atom is 0.335 e. The van der Waals surface area contributed by atoms with Gasteiger partial charge in [-0.15, -0.1) is 0 Å². The van der Waals surface area contributed by atoms with Crippen LogP contribution in [0.4, 0.5) is 5.69 Å². The van der Waals surface area contributed by atoms with E-state index in [1.807, 2.05) is 6.07 Å². The van der Waals surface area contributed by atoms with Crippen molar-refractivity contribution < 1.29 is 9.90 Å². The van der Waals surface area contributed by atoms with Crippen molar-refractivity contribution >= 4 is 11.7 Å². The fourth-order valence-corrected chi connectivity index (χ4v) is 3.51. The van der Waals surface area contributed by atoms with Crippen LogP contribution in [-0.2, 0) is 0 Å². The summed E-state index contributed by atoms with van der Waals surface area (Å²) >= 11 is 0. The van der Waals surface area contributed by atoms with Gasteiger partial charge in [-0.05, 0) is 62.0 Å². The number of carboxylic acids is 1. The number of benzene rings is 1. The van der Waals surface area contributed by atoms with Crippen LogP contribution in [0.2, 0.25) is 0 Å². The lowest BCUT2D eigenvalue weighted by Gasteiger charge is -2.37. The monoisotopic (exact) mass is 275 g/mol. The van der Waals surface area contributed by atoms with E-state index in [2.05, 4.69) is 10.6 Å². The first kappa shape index (κ1) is 13.4. The highest BCUT2D eigenvalue weighted by molar-refractivity contribution is 5.88. The van der Waals surface area contributed by atoms with Gasteiger partial charge < -0.3 is 21.5 Å². The molecule has 2 heterocycles. The molecule has 0 aromatic heterocycles. The van der Waals surface area contributed by atoms with Crippen molar-refractivity contribution in [3.63, 3.8) is 0 Å². The Labute approximate surface area is 118 Å². The molecule has 0 spiro atoms. The Balaban J connectivity index is 1.92. The van der Waals surface area contributed by atoms with E-state index in [4.69, 9.17) is 10.8 Å². The van der Waals surface area contributed by atoms with Crippen molar-refractivity contribution in [2.75, 3.05) is 18.4 Å². The van der Waals surface area contributed by atoms with E-state index in [-0.39, 0.29) is 6.04 Å². The molecule has 0 amide bonds. The fraction of sp³-hybridized carbons (Fsp3) is 0.533. The Bertz CT molecular complexity index is 518. The van der Waals surface area contributed by atoms with Crippen LogP contribution in [0, 0.1) is 5.92 Å². The van der Waals surface area contributed by atoms with Crippen LogP contribution in [0.5, 0.6) is 0 Å². The molecule has 1 fully saturated rings. The van der Waals surface area contributed by atoms with E-state index in [1.54, 1.807) is 12.1 Å². The second-order valence-electron chi connectivity index (χ2n) is 5.67. The van der Waals surface area contributed by atoms with E-state index in [9.17, 15) is 4.79 Å².